The predicted octanol–water partition coefficient (Wildman–Crippen LogP) is 3.29. The molecule has 2 rings (SSSR count). The van der Waals surface area contributed by atoms with Gasteiger partial charge in [-0.25, -0.2) is 4.79 Å². The van der Waals surface area contributed by atoms with Gasteiger partial charge in [-0.3, -0.25) is 4.79 Å². The Bertz CT molecular complexity index is 462. The van der Waals surface area contributed by atoms with Crippen LogP contribution in [0.3, 0.4) is 0 Å². The Balaban J connectivity index is 2.07. The van der Waals surface area contributed by atoms with Crippen LogP contribution in [-0.4, -0.2) is 17.0 Å². The summed E-state index contributed by atoms with van der Waals surface area (Å²) in [7, 11) is 0. The zero-order chi connectivity index (χ0) is 13.7. The van der Waals surface area contributed by atoms with Gasteiger partial charge in [0.05, 0.1) is 11.3 Å². The van der Waals surface area contributed by atoms with Crippen LogP contribution in [0.25, 0.3) is 0 Å². The summed E-state index contributed by atoms with van der Waals surface area (Å²) < 4.78 is 0. The Kier molecular flexibility index (Phi) is 4.55. The lowest BCUT2D eigenvalue weighted by Crippen LogP contribution is -2.23. The number of hydrogen-bond donors (Lipinski definition) is 2. The minimum absolute atomic E-state index is 0.0179. The fourth-order valence-electron chi connectivity index (χ4n) is 2.55. The van der Waals surface area contributed by atoms with Gasteiger partial charge in [0.1, 0.15) is 0 Å². The first-order valence-corrected chi connectivity index (χ1v) is 6.81. The van der Waals surface area contributed by atoms with E-state index in [-0.39, 0.29) is 17.4 Å². The summed E-state index contributed by atoms with van der Waals surface area (Å²) in [5, 5.41) is 11.9. The van der Waals surface area contributed by atoms with Gasteiger partial charge in [-0.05, 0) is 25.0 Å². The van der Waals surface area contributed by atoms with Crippen LogP contribution < -0.4 is 5.32 Å². The number of amides is 1. The number of hydrogen-bond acceptors (Lipinski definition) is 2. The van der Waals surface area contributed by atoms with Crippen LogP contribution in [0, 0.1) is 5.92 Å². The lowest BCUT2D eigenvalue weighted by molar-refractivity contribution is -0.120. The zero-order valence-electron chi connectivity index (χ0n) is 10.9. The number of anilines is 1. The van der Waals surface area contributed by atoms with E-state index in [1.807, 2.05) is 0 Å². The molecule has 4 nitrogen and oxygen atoms in total. The van der Waals surface area contributed by atoms with Crippen molar-refractivity contribution in [1.29, 1.82) is 0 Å². The Morgan fingerprint density at radius 3 is 2.32 bits per heavy atom. The largest absolute Gasteiger partial charge is 0.478 e. The standard InChI is InChI=1S/C15H19NO3/c17-14(11-7-3-1-2-4-8-11)16-13-10-6-5-9-12(13)15(18)19/h5-6,9-11H,1-4,7-8H2,(H,16,17)(H,18,19). The molecule has 0 saturated heterocycles. The van der Waals surface area contributed by atoms with E-state index in [1.165, 1.54) is 18.9 Å². The first-order valence-electron chi connectivity index (χ1n) is 6.81. The third-order valence-electron chi connectivity index (χ3n) is 3.64. The van der Waals surface area contributed by atoms with Crippen molar-refractivity contribution in [3.8, 4) is 0 Å². The van der Waals surface area contributed by atoms with E-state index in [0.29, 0.717) is 5.69 Å². The third kappa shape index (κ3) is 3.56. The highest BCUT2D eigenvalue weighted by atomic mass is 16.4. The number of carbonyl (C=O) groups excluding carboxylic acids is 1. The molecule has 0 aliphatic heterocycles. The number of nitrogens with one attached hydrogen (secondary N) is 1. The lowest BCUT2D eigenvalue weighted by atomic mass is 9.99. The van der Waals surface area contributed by atoms with Gasteiger partial charge in [0.25, 0.3) is 0 Å². The highest BCUT2D eigenvalue weighted by Gasteiger charge is 2.21. The summed E-state index contributed by atoms with van der Waals surface area (Å²) in [4.78, 5) is 23.3. The highest BCUT2D eigenvalue weighted by molar-refractivity contribution is 6.01. The van der Waals surface area contributed by atoms with Gasteiger partial charge in [-0.15, -0.1) is 0 Å². The van der Waals surface area contributed by atoms with Crippen LogP contribution in [0.4, 0.5) is 5.69 Å². The van der Waals surface area contributed by atoms with Gasteiger partial charge in [-0.1, -0.05) is 37.8 Å². The van der Waals surface area contributed by atoms with E-state index in [9.17, 15) is 9.59 Å². The van der Waals surface area contributed by atoms with Crippen molar-refractivity contribution in [3.05, 3.63) is 29.8 Å². The van der Waals surface area contributed by atoms with Gasteiger partial charge in [0, 0.05) is 5.92 Å². The molecule has 0 heterocycles. The van der Waals surface area contributed by atoms with E-state index in [4.69, 9.17) is 5.11 Å². The molecule has 0 atom stereocenters. The summed E-state index contributed by atoms with van der Waals surface area (Å²) in [6.07, 6.45) is 6.35. The fourth-order valence-corrected chi connectivity index (χ4v) is 2.55. The number of carboxylic acid groups (broad SMARTS) is 1. The molecular weight excluding hydrogens is 242 g/mol. The number of aromatic carboxylic acids is 1. The topological polar surface area (TPSA) is 66.4 Å². The van der Waals surface area contributed by atoms with Gasteiger partial charge in [0.2, 0.25) is 5.91 Å². The third-order valence-corrected chi connectivity index (χ3v) is 3.64. The van der Waals surface area contributed by atoms with E-state index < -0.39 is 5.97 Å². The molecule has 4 heteroatoms. The van der Waals surface area contributed by atoms with Crippen molar-refractivity contribution in [2.24, 2.45) is 5.92 Å². The Morgan fingerprint density at radius 2 is 1.68 bits per heavy atom. The SMILES string of the molecule is O=C(O)c1ccccc1NC(=O)C1CCCCCC1. The maximum absolute atomic E-state index is 12.2. The lowest BCUT2D eigenvalue weighted by Gasteiger charge is -2.15. The van der Waals surface area contributed by atoms with Gasteiger partial charge < -0.3 is 10.4 Å². The van der Waals surface area contributed by atoms with Gasteiger partial charge in [0.15, 0.2) is 0 Å². The summed E-state index contributed by atoms with van der Waals surface area (Å²) in [6, 6.07) is 6.53. The molecule has 1 aromatic rings. The predicted molar refractivity (Wildman–Crippen MR) is 73.2 cm³/mol. The number of rotatable bonds is 3. The van der Waals surface area contributed by atoms with Crippen LogP contribution >= 0.6 is 0 Å². The molecule has 102 valence electrons. The van der Waals surface area contributed by atoms with Crippen molar-refractivity contribution in [3.63, 3.8) is 0 Å². The second kappa shape index (κ2) is 6.36. The highest BCUT2D eigenvalue weighted by Crippen LogP contribution is 2.25. The van der Waals surface area contributed by atoms with E-state index >= 15 is 0 Å². The van der Waals surface area contributed by atoms with E-state index in [1.54, 1.807) is 18.2 Å². The Morgan fingerprint density at radius 1 is 1.05 bits per heavy atom. The fraction of sp³-hybridized carbons (Fsp3) is 0.467. The molecule has 0 radical (unpaired) electrons. The summed E-state index contributed by atoms with van der Waals surface area (Å²) in [5.74, 6) is -1.04. The molecule has 1 saturated carbocycles. The minimum Gasteiger partial charge on any atom is -0.478 e. The molecule has 0 bridgehead atoms. The zero-order valence-corrected chi connectivity index (χ0v) is 10.9. The maximum Gasteiger partial charge on any atom is 0.337 e. The van der Waals surface area contributed by atoms with Crippen molar-refractivity contribution < 1.29 is 14.7 Å². The van der Waals surface area contributed by atoms with Crippen molar-refractivity contribution in [1.82, 2.24) is 0 Å². The second-order valence-electron chi connectivity index (χ2n) is 5.03. The smallest absolute Gasteiger partial charge is 0.337 e. The molecule has 1 fully saturated rings. The molecular formula is C15H19NO3. The Hall–Kier alpha value is -1.84. The number of carbonyl (C=O) groups is 2. The average Bonchev–Trinajstić information content (AvgIpc) is 2.68. The van der Waals surface area contributed by atoms with Crippen LogP contribution in [0.1, 0.15) is 48.9 Å². The van der Waals surface area contributed by atoms with Crippen molar-refractivity contribution >= 4 is 17.6 Å². The van der Waals surface area contributed by atoms with Crippen LogP contribution in [0.2, 0.25) is 0 Å². The van der Waals surface area contributed by atoms with Crippen LogP contribution in [0.5, 0.6) is 0 Å². The number of benzene rings is 1. The number of para-hydroxylation sites is 1. The summed E-state index contributed by atoms with van der Waals surface area (Å²) in [6.45, 7) is 0. The monoisotopic (exact) mass is 261 g/mol. The molecule has 1 amide bonds. The molecule has 0 unspecified atom stereocenters. The van der Waals surface area contributed by atoms with Crippen molar-refractivity contribution in [2.75, 3.05) is 5.32 Å². The Labute approximate surface area is 112 Å². The molecule has 2 N–H and O–H groups in total. The molecule has 1 aliphatic rings. The van der Waals surface area contributed by atoms with Crippen molar-refractivity contribution in [2.45, 2.75) is 38.5 Å². The van der Waals surface area contributed by atoms with Gasteiger partial charge >= 0.3 is 5.97 Å². The normalized spacial score (nSPS) is 16.6. The summed E-state index contributed by atoms with van der Waals surface area (Å²) in [5.41, 5.74) is 0.536. The minimum atomic E-state index is -1.02. The second-order valence-corrected chi connectivity index (χ2v) is 5.03. The molecule has 1 aromatic carbocycles. The quantitative estimate of drug-likeness (QED) is 0.820. The van der Waals surface area contributed by atoms with Gasteiger partial charge in [-0.2, -0.15) is 0 Å². The maximum atomic E-state index is 12.2. The summed E-state index contributed by atoms with van der Waals surface area (Å²) >= 11 is 0. The van der Waals surface area contributed by atoms with Crippen LogP contribution in [-0.2, 0) is 4.79 Å². The first-order chi connectivity index (χ1) is 9.18. The van der Waals surface area contributed by atoms with Crippen LogP contribution in [0.15, 0.2) is 24.3 Å². The molecule has 19 heavy (non-hydrogen) atoms. The molecule has 0 spiro atoms. The van der Waals surface area contributed by atoms with E-state index in [2.05, 4.69) is 5.32 Å². The number of carboxylic acids is 1. The molecule has 0 aromatic heterocycles. The molecule has 1 aliphatic carbocycles. The first kappa shape index (κ1) is 13.6. The average molecular weight is 261 g/mol. The van der Waals surface area contributed by atoms with E-state index in [0.717, 1.165) is 25.7 Å².